The maximum absolute atomic E-state index is 13.3. The highest BCUT2D eigenvalue weighted by atomic mass is 19.1. The molecule has 2 aliphatic rings. The number of nitriles is 1. The minimum atomic E-state index is -0.427. The van der Waals surface area contributed by atoms with Crippen molar-refractivity contribution in [3.8, 4) is 6.07 Å². The monoisotopic (exact) mass is 331 g/mol. The molecule has 128 valence electrons. The van der Waals surface area contributed by atoms with Crippen LogP contribution in [0, 0.1) is 23.1 Å². The van der Waals surface area contributed by atoms with E-state index in [-0.39, 0.29) is 29.7 Å². The zero-order valence-electron chi connectivity index (χ0n) is 13.9. The quantitative estimate of drug-likeness (QED) is 0.796. The van der Waals surface area contributed by atoms with Gasteiger partial charge in [-0.05, 0) is 49.8 Å². The number of ether oxygens (including phenoxy) is 2. The third-order valence-electron chi connectivity index (χ3n) is 5.57. The van der Waals surface area contributed by atoms with Crippen molar-refractivity contribution in [1.29, 1.82) is 5.26 Å². The van der Waals surface area contributed by atoms with Crippen LogP contribution in [0.3, 0.4) is 0 Å². The van der Waals surface area contributed by atoms with Gasteiger partial charge in [-0.2, -0.15) is 5.26 Å². The maximum Gasteiger partial charge on any atom is 0.306 e. The van der Waals surface area contributed by atoms with Crippen LogP contribution < -0.4 is 0 Å². The van der Waals surface area contributed by atoms with Crippen molar-refractivity contribution >= 4 is 5.97 Å². The topological polar surface area (TPSA) is 59.3 Å². The molecule has 24 heavy (non-hydrogen) atoms. The standard InChI is InChI=1S/C19H22FNO3/c1-23-17(22)11-18(15-2-4-16(20)5-3-15)8-9-24-19(13-18)7-6-14(10-19)12-21/h2-5,14H,6-11,13H2,1H3. The van der Waals surface area contributed by atoms with Crippen molar-refractivity contribution < 1.29 is 18.7 Å². The molecule has 0 aromatic heterocycles. The first-order valence-electron chi connectivity index (χ1n) is 8.37. The van der Waals surface area contributed by atoms with Crippen molar-refractivity contribution in [2.24, 2.45) is 5.92 Å². The minimum absolute atomic E-state index is 0.00662. The molecule has 3 atom stereocenters. The SMILES string of the molecule is COC(=O)CC1(c2ccc(F)cc2)CCOC2(CCC(C#N)C2)C1. The van der Waals surface area contributed by atoms with E-state index >= 15 is 0 Å². The van der Waals surface area contributed by atoms with Crippen molar-refractivity contribution in [1.82, 2.24) is 0 Å². The lowest BCUT2D eigenvalue weighted by atomic mass is 9.66. The fourth-order valence-electron chi connectivity index (χ4n) is 4.36. The molecule has 1 heterocycles. The molecule has 4 nitrogen and oxygen atoms in total. The molecule has 5 heteroatoms. The normalized spacial score (nSPS) is 32.5. The second kappa shape index (κ2) is 6.52. The van der Waals surface area contributed by atoms with Crippen molar-refractivity contribution in [2.75, 3.05) is 13.7 Å². The number of nitrogens with zero attached hydrogens (tertiary/aromatic N) is 1. The van der Waals surface area contributed by atoms with Crippen LogP contribution in [0.5, 0.6) is 0 Å². The van der Waals surface area contributed by atoms with Crippen LogP contribution in [0.2, 0.25) is 0 Å². The average molecular weight is 331 g/mol. The number of esters is 1. The number of carbonyl (C=O) groups is 1. The molecule has 0 radical (unpaired) electrons. The summed E-state index contributed by atoms with van der Waals surface area (Å²) in [6.07, 6.45) is 3.96. The van der Waals surface area contributed by atoms with Gasteiger partial charge in [-0.15, -0.1) is 0 Å². The summed E-state index contributed by atoms with van der Waals surface area (Å²) in [6, 6.07) is 8.72. The summed E-state index contributed by atoms with van der Waals surface area (Å²) in [5, 5.41) is 9.22. The predicted molar refractivity (Wildman–Crippen MR) is 85.6 cm³/mol. The molecule has 1 aromatic rings. The van der Waals surface area contributed by atoms with E-state index in [9.17, 15) is 14.4 Å². The van der Waals surface area contributed by atoms with Crippen LogP contribution in [-0.4, -0.2) is 25.3 Å². The third-order valence-corrected chi connectivity index (χ3v) is 5.57. The Kier molecular flexibility index (Phi) is 4.60. The zero-order chi connectivity index (χ0) is 17.2. The minimum Gasteiger partial charge on any atom is -0.469 e. The van der Waals surface area contributed by atoms with Gasteiger partial charge in [0.1, 0.15) is 5.82 Å². The summed E-state index contributed by atoms with van der Waals surface area (Å²) in [4.78, 5) is 12.1. The molecule has 1 aliphatic carbocycles. The molecule has 1 aliphatic heterocycles. The zero-order valence-corrected chi connectivity index (χ0v) is 13.9. The highest BCUT2D eigenvalue weighted by Gasteiger charge is 2.51. The van der Waals surface area contributed by atoms with Gasteiger partial charge in [0.2, 0.25) is 0 Å². The highest BCUT2D eigenvalue weighted by molar-refractivity contribution is 5.71. The maximum atomic E-state index is 13.3. The van der Waals surface area contributed by atoms with Crippen LogP contribution >= 0.6 is 0 Å². The molecule has 1 aromatic carbocycles. The fraction of sp³-hybridized carbons (Fsp3) is 0.579. The molecular formula is C19H22FNO3. The highest BCUT2D eigenvalue weighted by Crippen LogP contribution is 2.51. The molecule has 3 unspecified atom stereocenters. The first-order chi connectivity index (χ1) is 11.5. The second-order valence-electron chi connectivity index (χ2n) is 7.07. The number of methoxy groups -OCH3 is 1. The van der Waals surface area contributed by atoms with Crippen molar-refractivity contribution in [2.45, 2.75) is 49.5 Å². The van der Waals surface area contributed by atoms with E-state index in [2.05, 4.69) is 6.07 Å². The van der Waals surface area contributed by atoms with Crippen LogP contribution in [0.25, 0.3) is 0 Å². The molecule has 1 saturated carbocycles. The number of carbonyl (C=O) groups excluding carboxylic acids is 1. The van der Waals surface area contributed by atoms with Crippen molar-refractivity contribution in [3.63, 3.8) is 0 Å². The van der Waals surface area contributed by atoms with Gasteiger partial charge in [-0.3, -0.25) is 4.79 Å². The van der Waals surface area contributed by atoms with Crippen LogP contribution in [0.1, 0.15) is 44.1 Å². The lowest BCUT2D eigenvalue weighted by Crippen LogP contribution is -2.47. The molecule has 0 bridgehead atoms. The number of hydrogen-bond donors (Lipinski definition) is 0. The van der Waals surface area contributed by atoms with E-state index in [1.807, 2.05) is 0 Å². The Morgan fingerprint density at radius 3 is 2.79 bits per heavy atom. The van der Waals surface area contributed by atoms with Crippen molar-refractivity contribution in [3.05, 3.63) is 35.6 Å². The number of hydrogen-bond acceptors (Lipinski definition) is 4. The summed E-state index contributed by atoms with van der Waals surface area (Å²) in [5.74, 6) is -0.558. The first-order valence-corrected chi connectivity index (χ1v) is 8.37. The molecular weight excluding hydrogens is 309 g/mol. The Morgan fingerprint density at radius 1 is 1.42 bits per heavy atom. The molecule has 1 saturated heterocycles. The largest absolute Gasteiger partial charge is 0.469 e. The molecule has 3 rings (SSSR count). The van der Waals surface area contributed by atoms with Gasteiger partial charge >= 0.3 is 5.97 Å². The van der Waals surface area contributed by atoms with E-state index in [1.54, 1.807) is 12.1 Å². The fourth-order valence-corrected chi connectivity index (χ4v) is 4.36. The summed E-state index contributed by atoms with van der Waals surface area (Å²) in [6.45, 7) is 0.534. The lowest BCUT2D eigenvalue weighted by Gasteiger charge is -2.46. The van der Waals surface area contributed by atoms with Crippen LogP contribution in [0.4, 0.5) is 4.39 Å². The number of benzene rings is 1. The summed E-state index contributed by atoms with van der Waals surface area (Å²) >= 11 is 0. The Bertz CT molecular complexity index is 654. The van der Waals surface area contributed by atoms with Gasteiger partial charge in [0, 0.05) is 17.9 Å². The van der Waals surface area contributed by atoms with Gasteiger partial charge in [-0.1, -0.05) is 12.1 Å². The van der Waals surface area contributed by atoms with Crippen LogP contribution in [0.15, 0.2) is 24.3 Å². The Balaban J connectivity index is 1.94. The molecule has 2 fully saturated rings. The third kappa shape index (κ3) is 3.16. The summed E-state index contributed by atoms with van der Waals surface area (Å²) < 4.78 is 24.4. The Hall–Kier alpha value is -1.93. The van der Waals surface area contributed by atoms with E-state index in [0.29, 0.717) is 25.9 Å². The predicted octanol–water partition coefficient (Wildman–Crippen LogP) is 3.50. The lowest BCUT2D eigenvalue weighted by molar-refractivity contribution is -0.147. The summed E-state index contributed by atoms with van der Waals surface area (Å²) in [5.41, 5.74) is 0.155. The van der Waals surface area contributed by atoms with Gasteiger partial charge in [0.05, 0.1) is 25.2 Å². The Labute approximate surface area is 141 Å². The van der Waals surface area contributed by atoms with E-state index in [0.717, 1.165) is 18.4 Å². The van der Waals surface area contributed by atoms with Gasteiger partial charge in [0.25, 0.3) is 0 Å². The van der Waals surface area contributed by atoms with Gasteiger partial charge < -0.3 is 9.47 Å². The van der Waals surface area contributed by atoms with Crippen LogP contribution in [-0.2, 0) is 19.7 Å². The molecule has 1 spiro atoms. The first kappa shape index (κ1) is 16.9. The molecule has 0 amide bonds. The Morgan fingerprint density at radius 2 is 2.17 bits per heavy atom. The molecule has 0 N–H and O–H groups in total. The average Bonchev–Trinajstić information content (AvgIpc) is 2.97. The van der Waals surface area contributed by atoms with Gasteiger partial charge in [-0.25, -0.2) is 4.39 Å². The second-order valence-corrected chi connectivity index (χ2v) is 7.07. The van der Waals surface area contributed by atoms with E-state index < -0.39 is 5.41 Å². The van der Waals surface area contributed by atoms with E-state index in [4.69, 9.17) is 9.47 Å². The summed E-state index contributed by atoms with van der Waals surface area (Å²) in [7, 11) is 1.39. The number of rotatable bonds is 3. The van der Waals surface area contributed by atoms with E-state index in [1.165, 1.54) is 19.2 Å². The number of halogens is 1. The smallest absolute Gasteiger partial charge is 0.306 e. The van der Waals surface area contributed by atoms with Gasteiger partial charge in [0.15, 0.2) is 0 Å².